The zero-order chi connectivity index (χ0) is 12.1. The summed E-state index contributed by atoms with van der Waals surface area (Å²) in [6.07, 6.45) is -0.275. The quantitative estimate of drug-likeness (QED) is 0.839. The Morgan fingerprint density at radius 3 is 2.75 bits per heavy atom. The predicted molar refractivity (Wildman–Crippen MR) is 57.8 cm³/mol. The SMILES string of the molecule is CCCOC(C(=O)O)c1ccc(F)c(C)c1. The van der Waals surface area contributed by atoms with E-state index in [1.807, 2.05) is 6.92 Å². The van der Waals surface area contributed by atoms with Crippen molar-refractivity contribution in [2.75, 3.05) is 6.61 Å². The van der Waals surface area contributed by atoms with Gasteiger partial charge >= 0.3 is 5.97 Å². The molecule has 0 fully saturated rings. The Morgan fingerprint density at radius 1 is 1.56 bits per heavy atom. The second kappa shape index (κ2) is 5.61. The molecule has 0 heterocycles. The van der Waals surface area contributed by atoms with Gasteiger partial charge in [0.25, 0.3) is 0 Å². The zero-order valence-electron chi connectivity index (χ0n) is 9.37. The van der Waals surface area contributed by atoms with Gasteiger partial charge in [0.05, 0.1) is 0 Å². The molecular weight excluding hydrogens is 211 g/mol. The van der Waals surface area contributed by atoms with Gasteiger partial charge in [0.15, 0.2) is 6.10 Å². The Morgan fingerprint density at radius 2 is 2.25 bits per heavy atom. The largest absolute Gasteiger partial charge is 0.479 e. The van der Waals surface area contributed by atoms with E-state index >= 15 is 0 Å². The third-order valence-electron chi connectivity index (χ3n) is 2.20. The maximum Gasteiger partial charge on any atom is 0.337 e. The van der Waals surface area contributed by atoms with Crippen molar-refractivity contribution in [1.29, 1.82) is 0 Å². The Balaban J connectivity index is 2.92. The fraction of sp³-hybridized carbons (Fsp3) is 0.417. The van der Waals surface area contributed by atoms with E-state index < -0.39 is 12.1 Å². The second-order valence-corrected chi connectivity index (χ2v) is 3.60. The first kappa shape index (κ1) is 12.6. The van der Waals surface area contributed by atoms with E-state index in [1.54, 1.807) is 6.92 Å². The van der Waals surface area contributed by atoms with E-state index in [4.69, 9.17) is 9.84 Å². The van der Waals surface area contributed by atoms with E-state index in [1.165, 1.54) is 18.2 Å². The van der Waals surface area contributed by atoms with Gasteiger partial charge in [-0.25, -0.2) is 9.18 Å². The van der Waals surface area contributed by atoms with Gasteiger partial charge < -0.3 is 9.84 Å². The highest BCUT2D eigenvalue weighted by atomic mass is 19.1. The molecule has 16 heavy (non-hydrogen) atoms. The average molecular weight is 226 g/mol. The third kappa shape index (κ3) is 3.03. The molecule has 0 amide bonds. The summed E-state index contributed by atoms with van der Waals surface area (Å²) in [6.45, 7) is 3.86. The molecule has 0 aromatic heterocycles. The van der Waals surface area contributed by atoms with E-state index in [9.17, 15) is 9.18 Å². The first-order valence-electron chi connectivity index (χ1n) is 5.16. The maximum absolute atomic E-state index is 13.0. The van der Waals surface area contributed by atoms with Crippen molar-refractivity contribution in [3.63, 3.8) is 0 Å². The maximum atomic E-state index is 13.0. The Hall–Kier alpha value is -1.42. The topological polar surface area (TPSA) is 46.5 Å². The summed E-state index contributed by atoms with van der Waals surface area (Å²) in [7, 11) is 0. The van der Waals surface area contributed by atoms with Crippen LogP contribution in [0.5, 0.6) is 0 Å². The number of rotatable bonds is 5. The molecule has 0 aliphatic heterocycles. The summed E-state index contributed by atoms with van der Waals surface area (Å²) >= 11 is 0. The molecule has 3 nitrogen and oxygen atoms in total. The fourth-order valence-corrected chi connectivity index (χ4v) is 1.38. The van der Waals surface area contributed by atoms with E-state index in [-0.39, 0.29) is 5.82 Å². The normalized spacial score (nSPS) is 12.4. The summed E-state index contributed by atoms with van der Waals surface area (Å²) in [5.41, 5.74) is 0.892. The van der Waals surface area contributed by atoms with Crippen molar-refractivity contribution in [2.45, 2.75) is 26.4 Å². The van der Waals surface area contributed by atoms with Crippen molar-refractivity contribution in [1.82, 2.24) is 0 Å². The number of benzene rings is 1. The minimum absolute atomic E-state index is 0.344. The number of halogens is 1. The van der Waals surface area contributed by atoms with Crippen LogP contribution in [0.2, 0.25) is 0 Å². The van der Waals surface area contributed by atoms with Crippen molar-refractivity contribution in [3.8, 4) is 0 Å². The molecule has 0 saturated carbocycles. The first-order valence-corrected chi connectivity index (χ1v) is 5.16. The van der Waals surface area contributed by atoms with Gasteiger partial charge in [-0.3, -0.25) is 0 Å². The molecule has 0 aliphatic carbocycles. The number of aryl methyl sites for hydroxylation is 1. The van der Waals surface area contributed by atoms with Crippen molar-refractivity contribution in [3.05, 3.63) is 35.1 Å². The number of carbonyl (C=O) groups is 1. The summed E-state index contributed by atoms with van der Waals surface area (Å²) in [5, 5.41) is 8.99. The molecule has 1 rings (SSSR count). The van der Waals surface area contributed by atoms with E-state index in [2.05, 4.69) is 0 Å². The number of carboxylic acids is 1. The highest BCUT2D eigenvalue weighted by molar-refractivity contribution is 5.74. The lowest BCUT2D eigenvalue weighted by molar-refractivity contribution is -0.150. The predicted octanol–water partition coefficient (Wildman–Crippen LogP) is 2.69. The van der Waals surface area contributed by atoms with Crippen molar-refractivity contribution in [2.24, 2.45) is 0 Å². The third-order valence-corrected chi connectivity index (χ3v) is 2.20. The summed E-state index contributed by atoms with van der Waals surface area (Å²) in [4.78, 5) is 11.0. The zero-order valence-corrected chi connectivity index (χ0v) is 9.37. The Labute approximate surface area is 93.9 Å². The van der Waals surface area contributed by atoms with E-state index in [0.717, 1.165) is 6.42 Å². The number of ether oxygens (including phenoxy) is 1. The molecule has 0 spiro atoms. The molecule has 1 aromatic carbocycles. The van der Waals surface area contributed by atoms with Gasteiger partial charge in [-0.05, 0) is 36.6 Å². The smallest absolute Gasteiger partial charge is 0.337 e. The molecule has 0 radical (unpaired) electrons. The van der Waals surface area contributed by atoms with Gasteiger partial charge in [0, 0.05) is 6.61 Å². The van der Waals surface area contributed by atoms with Crippen LogP contribution in [0.25, 0.3) is 0 Å². The van der Waals surface area contributed by atoms with Crippen LogP contribution in [0.15, 0.2) is 18.2 Å². The average Bonchev–Trinajstić information content (AvgIpc) is 2.23. The molecule has 1 N–H and O–H groups in total. The summed E-state index contributed by atoms with van der Waals surface area (Å²) < 4.78 is 18.2. The highest BCUT2D eigenvalue weighted by Gasteiger charge is 2.20. The molecule has 0 aliphatic rings. The first-order chi connectivity index (χ1) is 7.56. The van der Waals surface area contributed by atoms with Gasteiger partial charge in [-0.15, -0.1) is 0 Å². The summed E-state index contributed by atoms with van der Waals surface area (Å²) in [6, 6.07) is 4.20. The molecule has 1 aromatic rings. The molecule has 1 unspecified atom stereocenters. The lowest BCUT2D eigenvalue weighted by Gasteiger charge is -2.14. The Kier molecular flexibility index (Phi) is 4.43. The van der Waals surface area contributed by atoms with Gasteiger partial charge in [0.1, 0.15) is 5.82 Å². The molecule has 88 valence electrons. The monoisotopic (exact) mass is 226 g/mol. The van der Waals surface area contributed by atoms with Crippen LogP contribution in [-0.4, -0.2) is 17.7 Å². The van der Waals surface area contributed by atoms with Crippen LogP contribution in [0, 0.1) is 12.7 Å². The Bertz CT molecular complexity index is 377. The van der Waals surface area contributed by atoms with Gasteiger partial charge in [-0.1, -0.05) is 13.0 Å². The number of hydrogen-bond acceptors (Lipinski definition) is 2. The summed E-state index contributed by atoms with van der Waals surface area (Å²) in [5.74, 6) is -1.40. The highest BCUT2D eigenvalue weighted by Crippen LogP contribution is 2.20. The van der Waals surface area contributed by atoms with E-state index in [0.29, 0.717) is 17.7 Å². The lowest BCUT2D eigenvalue weighted by atomic mass is 10.1. The minimum atomic E-state index is -1.06. The molecule has 4 heteroatoms. The van der Waals surface area contributed by atoms with Gasteiger partial charge in [0.2, 0.25) is 0 Å². The van der Waals surface area contributed by atoms with Crippen LogP contribution >= 0.6 is 0 Å². The van der Waals surface area contributed by atoms with Crippen molar-refractivity contribution < 1.29 is 19.0 Å². The second-order valence-electron chi connectivity index (χ2n) is 3.60. The van der Waals surface area contributed by atoms with Crippen LogP contribution in [0.3, 0.4) is 0 Å². The van der Waals surface area contributed by atoms with Crippen molar-refractivity contribution >= 4 is 5.97 Å². The minimum Gasteiger partial charge on any atom is -0.479 e. The number of hydrogen-bond donors (Lipinski definition) is 1. The van der Waals surface area contributed by atoms with Crippen LogP contribution in [0.1, 0.15) is 30.6 Å². The standard InChI is InChI=1S/C12H15FO3/c1-3-6-16-11(12(14)15)9-4-5-10(13)8(2)7-9/h4-5,7,11H,3,6H2,1-2H3,(H,14,15). The van der Waals surface area contributed by atoms with Crippen LogP contribution in [-0.2, 0) is 9.53 Å². The molecule has 0 saturated heterocycles. The van der Waals surface area contributed by atoms with Crippen LogP contribution in [0.4, 0.5) is 4.39 Å². The number of carboxylic acid groups (broad SMARTS) is 1. The van der Waals surface area contributed by atoms with Gasteiger partial charge in [-0.2, -0.15) is 0 Å². The fourth-order valence-electron chi connectivity index (χ4n) is 1.38. The van der Waals surface area contributed by atoms with Crippen LogP contribution < -0.4 is 0 Å². The number of aliphatic carboxylic acids is 1. The molecular formula is C12H15FO3. The lowest BCUT2D eigenvalue weighted by Crippen LogP contribution is -2.16. The molecule has 1 atom stereocenters. The molecule has 0 bridgehead atoms.